The fraction of sp³-hybridized carbons (Fsp3) is 0.250. The quantitative estimate of drug-likeness (QED) is 0.843. The Labute approximate surface area is 142 Å². The molecule has 0 saturated carbocycles. The Morgan fingerprint density at radius 3 is 2.52 bits per heavy atom. The Hall–Kier alpha value is -1.28. The molecule has 0 saturated heterocycles. The third-order valence-electron chi connectivity index (χ3n) is 3.95. The lowest BCUT2D eigenvalue weighted by atomic mass is 9.98. The van der Waals surface area contributed by atoms with Gasteiger partial charge >= 0.3 is 0 Å². The van der Waals surface area contributed by atoms with E-state index in [1.165, 1.54) is 28.6 Å². The van der Waals surface area contributed by atoms with Crippen molar-refractivity contribution in [2.75, 3.05) is 6.54 Å². The van der Waals surface area contributed by atoms with E-state index in [0.717, 1.165) is 5.56 Å². The van der Waals surface area contributed by atoms with E-state index in [1.807, 2.05) is 6.92 Å². The summed E-state index contributed by atoms with van der Waals surface area (Å²) in [6.45, 7) is 1.72. The first kappa shape index (κ1) is 16.6. The van der Waals surface area contributed by atoms with Gasteiger partial charge in [0.15, 0.2) is 0 Å². The van der Waals surface area contributed by atoms with Gasteiger partial charge in [0, 0.05) is 23.1 Å². The molecule has 0 aliphatic carbocycles. The maximum atomic E-state index is 13.9. The molecule has 1 aliphatic rings. The molecule has 0 fully saturated rings. The zero-order valence-corrected chi connectivity index (χ0v) is 14.7. The minimum absolute atomic E-state index is 0.0148. The van der Waals surface area contributed by atoms with Crippen LogP contribution in [0.2, 0.25) is 0 Å². The van der Waals surface area contributed by atoms with Gasteiger partial charge in [-0.1, -0.05) is 33.6 Å². The van der Waals surface area contributed by atoms with E-state index < -0.39 is 21.9 Å². The minimum Gasteiger partial charge on any atom is -0.387 e. The predicted molar refractivity (Wildman–Crippen MR) is 87.8 cm³/mol. The Morgan fingerprint density at radius 2 is 1.87 bits per heavy atom. The Kier molecular flexibility index (Phi) is 4.31. The largest absolute Gasteiger partial charge is 0.387 e. The van der Waals surface area contributed by atoms with E-state index in [2.05, 4.69) is 15.9 Å². The molecule has 23 heavy (non-hydrogen) atoms. The van der Waals surface area contributed by atoms with Gasteiger partial charge in [0.25, 0.3) is 0 Å². The van der Waals surface area contributed by atoms with Gasteiger partial charge in [-0.3, -0.25) is 0 Å². The fourth-order valence-electron chi connectivity index (χ4n) is 2.70. The van der Waals surface area contributed by atoms with Gasteiger partial charge in [-0.15, -0.1) is 0 Å². The van der Waals surface area contributed by atoms with Crippen LogP contribution in [0, 0.1) is 12.7 Å². The van der Waals surface area contributed by atoms with Gasteiger partial charge in [0.1, 0.15) is 5.82 Å². The van der Waals surface area contributed by atoms with Gasteiger partial charge < -0.3 is 5.11 Å². The van der Waals surface area contributed by atoms with Crippen LogP contribution in [0.3, 0.4) is 0 Å². The van der Waals surface area contributed by atoms with Gasteiger partial charge in [-0.2, -0.15) is 4.31 Å². The highest BCUT2D eigenvalue weighted by atomic mass is 79.9. The van der Waals surface area contributed by atoms with Gasteiger partial charge in [-0.05, 0) is 36.8 Å². The van der Waals surface area contributed by atoms with Gasteiger partial charge in [-0.25, -0.2) is 12.8 Å². The van der Waals surface area contributed by atoms with E-state index in [1.54, 1.807) is 12.1 Å². The first-order valence-electron chi connectivity index (χ1n) is 7.02. The number of aryl methyl sites for hydroxylation is 1. The molecular weight excluding hydrogens is 385 g/mol. The number of aliphatic hydroxyl groups is 1. The highest BCUT2D eigenvalue weighted by Gasteiger charge is 2.35. The molecule has 1 atom stereocenters. The van der Waals surface area contributed by atoms with E-state index in [-0.39, 0.29) is 23.5 Å². The molecule has 2 aromatic rings. The summed E-state index contributed by atoms with van der Waals surface area (Å²) in [6, 6.07) is 9.28. The molecule has 0 amide bonds. The number of hydrogen-bond donors (Lipinski definition) is 1. The summed E-state index contributed by atoms with van der Waals surface area (Å²) >= 11 is 3.30. The van der Waals surface area contributed by atoms with Crippen LogP contribution < -0.4 is 0 Å². The lowest BCUT2D eigenvalue weighted by Gasteiger charge is -2.32. The number of benzene rings is 2. The van der Waals surface area contributed by atoms with E-state index in [4.69, 9.17) is 0 Å². The van der Waals surface area contributed by atoms with Crippen molar-refractivity contribution in [3.05, 3.63) is 63.4 Å². The van der Waals surface area contributed by atoms with Crippen LogP contribution in [0.5, 0.6) is 0 Å². The predicted octanol–water partition coefficient (Wildman–Crippen LogP) is 3.13. The second-order valence-corrected chi connectivity index (χ2v) is 8.34. The number of sulfonamides is 1. The molecule has 7 heteroatoms. The second kappa shape index (κ2) is 5.98. The van der Waals surface area contributed by atoms with Crippen molar-refractivity contribution in [1.29, 1.82) is 0 Å². The lowest BCUT2D eigenvalue weighted by Crippen LogP contribution is -2.38. The van der Waals surface area contributed by atoms with Crippen LogP contribution in [0.4, 0.5) is 4.39 Å². The summed E-state index contributed by atoms with van der Waals surface area (Å²) in [7, 11) is -3.75. The molecular formula is C16H15BrFNO3S. The zero-order valence-electron chi connectivity index (χ0n) is 12.3. The van der Waals surface area contributed by atoms with Crippen LogP contribution in [-0.2, 0) is 16.6 Å². The maximum absolute atomic E-state index is 13.9. The number of fused-ring (bicyclic) bond motifs is 1. The molecule has 1 unspecified atom stereocenters. The number of halogens is 2. The SMILES string of the molecule is Cc1ccc(S(=O)(=O)N2Cc3c(Br)ccc(F)c3C(O)C2)cc1. The first-order valence-corrected chi connectivity index (χ1v) is 9.25. The molecule has 0 aromatic heterocycles. The van der Waals surface area contributed by atoms with Crippen LogP contribution >= 0.6 is 15.9 Å². The van der Waals surface area contributed by atoms with Gasteiger partial charge in [0.2, 0.25) is 10.0 Å². The van der Waals surface area contributed by atoms with Crippen LogP contribution in [-0.4, -0.2) is 24.4 Å². The van der Waals surface area contributed by atoms with Crippen molar-refractivity contribution in [1.82, 2.24) is 4.31 Å². The third kappa shape index (κ3) is 2.94. The summed E-state index contributed by atoms with van der Waals surface area (Å²) in [6.07, 6.45) is -1.20. The van der Waals surface area contributed by atoms with E-state index >= 15 is 0 Å². The summed E-state index contributed by atoms with van der Waals surface area (Å²) in [5.74, 6) is -0.525. The normalized spacial score (nSPS) is 18.7. The number of nitrogens with zero attached hydrogens (tertiary/aromatic N) is 1. The highest BCUT2D eigenvalue weighted by Crippen LogP contribution is 2.36. The van der Waals surface area contributed by atoms with Crippen molar-refractivity contribution < 1.29 is 17.9 Å². The third-order valence-corrected chi connectivity index (χ3v) is 6.52. The molecule has 2 aromatic carbocycles. The van der Waals surface area contributed by atoms with Crippen LogP contribution in [0.25, 0.3) is 0 Å². The van der Waals surface area contributed by atoms with Crippen molar-refractivity contribution in [3.8, 4) is 0 Å². The van der Waals surface area contributed by atoms with Crippen LogP contribution in [0.15, 0.2) is 45.8 Å². The Bertz CT molecular complexity index is 852. The molecule has 1 N–H and O–H groups in total. The van der Waals surface area contributed by atoms with E-state index in [0.29, 0.717) is 10.0 Å². The number of rotatable bonds is 2. The molecule has 1 heterocycles. The lowest BCUT2D eigenvalue weighted by molar-refractivity contribution is 0.127. The molecule has 1 aliphatic heterocycles. The Morgan fingerprint density at radius 1 is 1.22 bits per heavy atom. The number of aliphatic hydroxyl groups excluding tert-OH is 1. The van der Waals surface area contributed by atoms with Crippen LogP contribution in [0.1, 0.15) is 22.8 Å². The average molecular weight is 400 g/mol. The minimum atomic E-state index is -3.75. The Balaban J connectivity index is 2.03. The first-order chi connectivity index (χ1) is 10.8. The smallest absolute Gasteiger partial charge is 0.243 e. The second-order valence-electron chi connectivity index (χ2n) is 5.55. The maximum Gasteiger partial charge on any atom is 0.243 e. The summed E-state index contributed by atoms with van der Waals surface area (Å²) in [5, 5.41) is 10.2. The van der Waals surface area contributed by atoms with Crippen molar-refractivity contribution >= 4 is 26.0 Å². The van der Waals surface area contributed by atoms with Crippen molar-refractivity contribution in [3.63, 3.8) is 0 Å². The average Bonchev–Trinajstić information content (AvgIpc) is 2.51. The zero-order chi connectivity index (χ0) is 16.8. The van der Waals surface area contributed by atoms with E-state index in [9.17, 15) is 17.9 Å². The van der Waals surface area contributed by atoms with Gasteiger partial charge in [0.05, 0.1) is 11.0 Å². The number of β-amino-alcohol motifs (C(OH)–C–C–N with tert-alkyl or cyclic N) is 1. The summed E-state index contributed by atoms with van der Waals surface area (Å²) < 4.78 is 41.2. The molecule has 3 rings (SSSR count). The van der Waals surface area contributed by atoms with Crippen molar-refractivity contribution in [2.24, 2.45) is 0 Å². The number of hydrogen-bond acceptors (Lipinski definition) is 3. The standard InChI is InChI=1S/C16H15BrFNO3S/c1-10-2-4-11(5-3-10)23(21,22)19-8-12-13(17)6-7-14(18)16(12)15(20)9-19/h2-7,15,20H,8-9H2,1H3. The molecule has 0 bridgehead atoms. The summed E-state index contributed by atoms with van der Waals surface area (Å²) in [4.78, 5) is 0.159. The molecule has 122 valence electrons. The molecule has 0 radical (unpaired) electrons. The molecule has 0 spiro atoms. The highest BCUT2D eigenvalue weighted by molar-refractivity contribution is 9.10. The summed E-state index contributed by atoms with van der Waals surface area (Å²) in [5.41, 5.74) is 1.58. The topological polar surface area (TPSA) is 57.6 Å². The fourth-order valence-corrected chi connectivity index (χ4v) is 4.58. The van der Waals surface area contributed by atoms with Crippen molar-refractivity contribution in [2.45, 2.75) is 24.5 Å². The molecule has 4 nitrogen and oxygen atoms in total. The monoisotopic (exact) mass is 399 g/mol.